The number of hydrogen-bond acceptors (Lipinski definition) is 4. The Morgan fingerprint density at radius 3 is 2.73 bits per heavy atom. The minimum Gasteiger partial charge on any atom is -0.416 e. The van der Waals surface area contributed by atoms with Crippen LogP contribution in [0.4, 0.5) is 8.78 Å². The Labute approximate surface area is 172 Å². The van der Waals surface area contributed by atoms with E-state index >= 15 is 0 Å². The molecule has 0 radical (unpaired) electrons. The number of oxazole rings is 1. The number of amides is 1. The molecule has 0 saturated carbocycles. The van der Waals surface area contributed by atoms with Crippen molar-refractivity contribution >= 4 is 11.5 Å². The van der Waals surface area contributed by atoms with Crippen molar-refractivity contribution in [2.24, 2.45) is 0 Å². The van der Waals surface area contributed by atoms with Crippen LogP contribution >= 0.6 is 0 Å². The zero-order valence-electron chi connectivity index (χ0n) is 16.6. The quantitative estimate of drug-likeness (QED) is 0.603. The molecule has 5 nitrogen and oxygen atoms in total. The van der Waals surface area contributed by atoms with Crippen molar-refractivity contribution < 1.29 is 22.7 Å². The van der Waals surface area contributed by atoms with E-state index in [0.717, 1.165) is 29.5 Å². The number of benzene rings is 2. The van der Waals surface area contributed by atoms with Gasteiger partial charge in [-0.3, -0.25) is 4.79 Å². The molecule has 1 atom stereocenters. The van der Waals surface area contributed by atoms with E-state index in [0.29, 0.717) is 11.3 Å². The Morgan fingerprint density at radius 2 is 2.00 bits per heavy atom. The summed E-state index contributed by atoms with van der Waals surface area (Å²) >= 11 is 0. The van der Waals surface area contributed by atoms with Crippen LogP contribution in [0.3, 0.4) is 0 Å². The number of nitrogens with one attached hydrogen (secondary N) is 1. The fourth-order valence-corrected chi connectivity index (χ4v) is 3.43. The van der Waals surface area contributed by atoms with Crippen molar-refractivity contribution in [1.82, 2.24) is 10.3 Å². The van der Waals surface area contributed by atoms with Gasteiger partial charge in [-0.05, 0) is 61.6 Å². The number of allylic oxidation sites excluding steroid dienone is 1. The molecule has 1 aliphatic rings. The molecule has 1 aliphatic carbocycles. The van der Waals surface area contributed by atoms with E-state index in [2.05, 4.69) is 16.9 Å². The third-order valence-electron chi connectivity index (χ3n) is 5.25. The number of carbonyl (C=O) groups is 1. The standard InChI is InChI=1S/C23H20F2N2O3/c1-12-7-8-17-16(12)5-4-6-21(17)30-23-27-20(11-29-23)22(28)26-14(3)15-9-18(24)13(2)19(25)10-15/h4-6,9-11,14H,1,7-8H2,2-3H3,(H,26,28)/t14-/m1/s1. The molecule has 0 spiro atoms. The van der Waals surface area contributed by atoms with Crippen LogP contribution in [0.5, 0.6) is 11.8 Å². The molecule has 2 aromatic carbocycles. The number of carbonyl (C=O) groups excluding carboxylic acids is 1. The molecular formula is C23H20F2N2O3. The van der Waals surface area contributed by atoms with Crippen molar-refractivity contribution in [3.8, 4) is 11.8 Å². The smallest absolute Gasteiger partial charge is 0.399 e. The van der Waals surface area contributed by atoms with Gasteiger partial charge in [0.05, 0.1) is 6.04 Å². The van der Waals surface area contributed by atoms with Crippen LogP contribution in [0, 0.1) is 18.6 Å². The molecule has 0 saturated heterocycles. The van der Waals surface area contributed by atoms with Crippen LogP contribution in [-0.2, 0) is 6.42 Å². The van der Waals surface area contributed by atoms with E-state index in [1.54, 1.807) is 6.92 Å². The monoisotopic (exact) mass is 410 g/mol. The average Bonchev–Trinajstić information content (AvgIpc) is 3.33. The van der Waals surface area contributed by atoms with E-state index in [9.17, 15) is 13.6 Å². The summed E-state index contributed by atoms with van der Waals surface area (Å²) < 4.78 is 38.6. The van der Waals surface area contributed by atoms with Gasteiger partial charge in [0.15, 0.2) is 5.69 Å². The third-order valence-corrected chi connectivity index (χ3v) is 5.25. The number of hydrogen-bond donors (Lipinski definition) is 1. The first-order valence-electron chi connectivity index (χ1n) is 9.53. The molecule has 1 heterocycles. The Morgan fingerprint density at radius 1 is 1.27 bits per heavy atom. The number of aromatic nitrogens is 1. The van der Waals surface area contributed by atoms with Gasteiger partial charge in [-0.2, -0.15) is 4.98 Å². The predicted octanol–water partition coefficient (Wildman–Crippen LogP) is 5.50. The zero-order chi connectivity index (χ0) is 21.4. The highest BCUT2D eigenvalue weighted by Crippen LogP contribution is 2.38. The van der Waals surface area contributed by atoms with Crippen LogP contribution < -0.4 is 10.1 Å². The summed E-state index contributed by atoms with van der Waals surface area (Å²) in [6.45, 7) is 7.02. The van der Waals surface area contributed by atoms with Gasteiger partial charge in [0, 0.05) is 11.1 Å². The minimum absolute atomic E-state index is 0.00175. The van der Waals surface area contributed by atoms with E-state index in [4.69, 9.17) is 9.15 Å². The molecule has 4 rings (SSSR count). The van der Waals surface area contributed by atoms with E-state index in [1.807, 2.05) is 18.2 Å². The highest BCUT2D eigenvalue weighted by molar-refractivity contribution is 5.92. The van der Waals surface area contributed by atoms with Crippen LogP contribution in [0.1, 0.15) is 52.1 Å². The van der Waals surface area contributed by atoms with Gasteiger partial charge < -0.3 is 14.5 Å². The summed E-state index contributed by atoms with van der Waals surface area (Å²) in [6.07, 6.45) is 2.80. The molecule has 7 heteroatoms. The van der Waals surface area contributed by atoms with Crippen LogP contribution in [0.25, 0.3) is 5.57 Å². The summed E-state index contributed by atoms with van der Waals surface area (Å²) in [7, 11) is 0. The second-order valence-electron chi connectivity index (χ2n) is 7.29. The highest BCUT2D eigenvalue weighted by atomic mass is 19.1. The van der Waals surface area contributed by atoms with Gasteiger partial charge in [-0.1, -0.05) is 18.7 Å². The van der Waals surface area contributed by atoms with Gasteiger partial charge >= 0.3 is 6.08 Å². The lowest BCUT2D eigenvalue weighted by Crippen LogP contribution is -2.27. The second-order valence-corrected chi connectivity index (χ2v) is 7.29. The zero-order valence-corrected chi connectivity index (χ0v) is 16.6. The molecule has 154 valence electrons. The molecule has 3 aromatic rings. The van der Waals surface area contributed by atoms with Gasteiger partial charge in [0.25, 0.3) is 5.91 Å². The van der Waals surface area contributed by atoms with Gasteiger partial charge in [-0.15, -0.1) is 0 Å². The molecule has 0 aliphatic heterocycles. The number of ether oxygens (including phenoxy) is 1. The molecule has 0 bridgehead atoms. The van der Waals surface area contributed by atoms with E-state index in [1.165, 1.54) is 25.3 Å². The summed E-state index contributed by atoms with van der Waals surface area (Å²) in [6, 6.07) is 7.43. The van der Waals surface area contributed by atoms with Gasteiger partial charge in [0.2, 0.25) is 0 Å². The number of nitrogens with zero attached hydrogens (tertiary/aromatic N) is 1. The number of fused-ring (bicyclic) bond motifs is 1. The second kappa shape index (κ2) is 7.74. The maximum Gasteiger partial charge on any atom is 0.399 e. The molecule has 0 unspecified atom stereocenters. The van der Waals surface area contributed by atoms with Gasteiger partial charge in [-0.25, -0.2) is 8.78 Å². The fraction of sp³-hybridized carbons (Fsp3) is 0.217. The topological polar surface area (TPSA) is 64.4 Å². The maximum absolute atomic E-state index is 13.8. The van der Waals surface area contributed by atoms with Crippen molar-refractivity contribution in [1.29, 1.82) is 0 Å². The largest absolute Gasteiger partial charge is 0.416 e. The van der Waals surface area contributed by atoms with Crippen molar-refractivity contribution in [3.05, 3.63) is 82.8 Å². The summed E-state index contributed by atoms with van der Waals surface area (Å²) in [5.74, 6) is -1.27. The predicted molar refractivity (Wildman–Crippen MR) is 107 cm³/mol. The van der Waals surface area contributed by atoms with E-state index in [-0.39, 0.29) is 17.3 Å². The Kier molecular flexibility index (Phi) is 5.11. The molecule has 1 amide bonds. The SMILES string of the molecule is C=C1CCc2c(Oc3nc(C(=O)N[C@H](C)c4cc(F)c(C)c(F)c4)co3)cccc21. The number of halogens is 2. The van der Waals surface area contributed by atoms with Gasteiger partial charge in [0.1, 0.15) is 23.6 Å². The van der Waals surface area contributed by atoms with Crippen LogP contribution in [0.2, 0.25) is 0 Å². The lowest BCUT2D eigenvalue weighted by molar-refractivity contribution is 0.0934. The molecule has 0 fully saturated rings. The molecular weight excluding hydrogens is 390 g/mol. The molecule has 1 aromatic heterocycles. The highest BCUT2D eigenvalue weighted by Gasteiger charge is 2.22. The fourth-order valence-electron chi connectivity index (χ4n) is 3.43. The van der Waals surface area contributed by atoms with Crippen molar-refractivity contribution in [2.45, 2.75) is 32.7 Å². The molecule has 30 heavy (non-hydrogen) atoms. The maximum atomic E-state index is 13.8. The Hall–Kier alpha value is -3.48. The first-order valence-corrected chi connectivity index (χ1v) is 9.53. The third kappa shape index (κ3) is 3.70. The Balaban J connectivity index is 1.47. The summed E-state index contributed by atoms with van der Waals surface area (Å²) in [5.41, 5.74) is 3.39. The minimum atomic E-state index is -0.665. The average molecular weight is 410 g/mol. The number of rotatable bonds is 5. The van der Waals surface area contributed by atoms with E-state index < -0.39 is 23.6 Å². The Bertz CT molecular complexity index is 1130. The summed E-state index contributed by atoms with van der Waals surface area (Å²) in [5, 5.41) is 2.65. The van der Waals surface area contributed by atoms with Crippen molar-refractivity contribution in [2.75, 3.05) is 0 Å². The van der Waals surface area contributed by atoms with Crippen molar-refractivity contribution in [3.63, 3.8) is 0 Å². The first-order chi connectivity index (χ1) is 14.3. The normalized spacial score (nSPS) is 13.8. The lowest BCUT2D eigenvalue weighted by Gasteiger charge is -2.14. The van der Waals surface area contributed by atoms with Crippen LogP contribution in [-0.4, -0.2) is 10.9 Å². The van der Waals surface area contributed by atoms with Crippen LogP contribution in [0.15, 0.2) is 47.6 Å². The summed E-state index contributed by atoms with van der Waals surface area (Å²) in [4.78, 5) is 16.5. The molecule has 1 N–H and O–H groups in total. The lowest BCUT2D eigenvalue weighted by atomic mass is 10.1. The first kappa shape index (κ1) is 19.8.